The van der Waals surface area contributed by atoms with Gasteiger partial charge in [0.05, 0.1) is 5.69 Å². The quantitative estimate of drug-likeness (QED) is 0.850. The van der Waals surface area contributed by atoms with E-state index in [1.165, 1.54) is 17.4 Å². The van der Waals surface area contributed by atoms with Crippen LogP contribution in [-0.2, 0) is 10.2 Å². The molecule has 1 aromatic carbocycles. The summed E-state index contributed by atoms with van der Waals surface area (Å²) in [6, 6.07) is 9.65. The van der Waals surface area contributed by atoms with Crippen molar-refractivity contribution in [3.63, 3.8) is 0 Å². The van der Waals surface area contributed by atoms with Crippen LogP contribution >= 0.6 is 11.3 Å². The van der Waals surface area contributed by atoms with Crippen LogP contribution < -0.4 is 11.1 Å². The van der Waals surface area contributed by atoms with Gasteiger partial charge in [-0.1, -0.05) is 62.4 Å². The molecule has 3 N–H and O–H groups in total. The highest BCUT2D eigenvalue weighted by Crippen LogP contribution is 2.33. The molecule has 0 saturated heterocycles. The maximum Gasteiger partial charge on any atom is 0.250 e. The van der Waals surface area contributed by atoms with Crippen LogP contribution in [-0.4, -0.2) is 10.9 Å². The van der Waals surface area contributed by atoms with Gasteiger partial charge in [-0.15, -0.1) is 0 Å². The van der Waals surface area contributed by atoms with E-state index < -0.39 is 0 Å². The number of carbonyl (C=O) groups is 1. The van der Waals surface area contributed by atoms with E-state index in [4.69, 9.17) is 5.73 Å². The minimum Gasteiger partial charge on any atom is -0.389 e. The Labute approximate surface area is 128 Å². The van der Waals surface area contributed by atoms with Crippen LogP contribution in [0.5, 0.6) is 0 Å². The second-order valence-corrected chi connectivity index (χ2v) is 6.75. The first kappa shape index (κ1) is 15.3. The van der Waals surface area contributed by atoms with Gasteiger partial charge in [0, 0.05) is 11.5 Å². The third-order valence-electron chi connectivity index (χ3n) is 2.82. The van der Waals surface area contributed by atoms with Crippen molar-refractivity contribution in [1.82, 2.24) is 4.98 Å². The van der Waals surface area contributed by atoms with Gasteiger partial charge in [-0.2, -0.15) is 0 Å². The van der Waals surface area contributed by atoms with Gasteiger partial charge in [0.15, 0.2) is 5.13 Å². The predicted octanol–water partition coefficient (Wildman–Crippen LogP) is 3.67. The predicted molar refractivity (Wildman–Crippen MR) is 89.3 cm³/mol. The third kappa shape index (κ3) is 4.16. The Morgan fingerprint density at radius 3 is 2.52 bits per heavy atom. The number of anilines is 2. The molecule has 1 heterocycles. The summed E-state index contributed by atoms with van der Waals surface area (Å²) in [4.78, 5) is 16.3. The van der Waals surface area contributed by atoms with E-state index >= 15 is 0 Å². The number of thiazole rings is 1. The Balaban J connectivity index is 2.05. The molecule has 0 aliphatic carbocycles. The number of hydrogen-bond acceptors (Lipinski definition) is 4. The molecule has 2 rings (SSSR count). The summed E-state index contributed by atoms with van der Waals surface area (Å²) in [6.07, 6.45) is 3.25. The number of hydrogen-bond donors (Lipinski definition) is 2. The van der Waals surface area contributed by atoms with Crippen LogP contribution in [0.3, 0.4) is 0 Å². The zero-order valence-corrected chi connectivity index (χ0v) is 13.2. The molecule has 0 fully saturated rings. The fourth-order valence-electron chi connectivity index (χ4n) is 1.81. The van der Waals surface area contributed by atoms with Crippen LogP contribution in [0.2, 0.25) is 0 Å². The molecular weight excluding hydrogens is 282 g/mol. The van der Waals surface area contributed by atoms with Gasteiger partial charge in [0.25, 0.3) is 0 Å². The molecule has 0 bridgehead atoms. The number of nitrogens with zero attached hydrogens (tertiary/aromatic N) is 1. The van der Waals surface area contributed by atoms with Crippen molar-refractivity contribution in [2.45, 2.75) is 26.2 Å². The molecule has 21 heavy (non-hydrogen) atoms. The zero-order valence-electron chi connectivity index (χ0n) is 12.4. The van der Waals surface area contributed by atoms with Gasteiger partial charge in [-0.3, -0.25) is 10.1 Å². The molecule has 5 heteroatoms. The smallest absolute Gasteiger partial charge is 0.250 e. The lowest BCUT2D eigenvalue weighted by Gasteiger charge is -2.15. The van der Waals surface area contributed by atoms with E-state index in [9.17, 15) is 4.79 Å². The van der Waals surface area contributed by atoms with Crippen molar-refractivity contribution in [2.75, 3.05) is 11.1 Å². The molecule has 1 amide bonds. The monoisotopic (exact) mass is 301 g/mol. The first-order valence-electron chi connectivity index (χ1n) is 6.67. The summed E-state index contributed by atoms with van der Waals surface area (Å²) in [5.74, 6) is -0.215. The Morgan fingerprint density at radius 2 is 1.95 bits per heavy atom. The van der Waals surface area contributed by atoms with Crippen molar-refractivity contribution < 1.29 is 4.79 Å². The van der Waals surface area contributed by atoms with Gasteiger partial charge in [0.1, 0.15) is 5.00 Å². The summed E-state index contributed by atoms with van der Waals surface area (Å²) in [5, 5.41) is 3.92. The molecule has 0 atom stereocenters. The highest BCUT2D eigenvalue weighted by atomic mass is 32.1. The first-order valence-corrected chi connectivity index (χ1v) is 7.49. The lowest BCUT2D eigenvalue weighted by atomic mass is 9.93. The van der Waals surface area contributed by atoms with E-state index in [-0.39, 0.29) is 11.3 Å². The van der Waals surface area contributed by atoms with E-state index in [0.29, 0.717) is 10.1 Å². The fraction of sp³-hybridized carbons (Fsp3) is 0.250. The number of benzene rings is 1. The van der Waals surface area contributed by atoms with E-state index in [0.717, 1.165) is 11.3 Å². The Bertz CT molecular complexity index is 654. The number of rotatable bonds is 3. The van der Waals surface area contributed by atoms with Crippen LogP contribution in [0.15, 0.2) is 36.4 Å². The van der Waals surface area contributed by atoms with Gasteiger partial charge in [0.2, 0.25) is 5.91 Å². The normalized spacial score (nSPS) is 11.8. The molecule has 0 aliphatic rings. The van der Waals surface area contributed by atoms with Crippen LogP contribution in [0, 0.1) is 0 Å². The Hall–Kier alpha value is -2.14. The standard InChI is InChI=1S/C16H19N3OS/c1-16(2,3)13-14(17)21-15(19-13)18-12(20)10-9-11-7-5-4-6-8-11/h4-10H,17H2,1-3H3,(H,18,19,20)/b10-9+. The average molecular weight is 301 g/mol. The van der Waals surface area contributed by atoms with Gasteiger partial charge in [-0.25, -0.2) is 4.98 Å². The van der Waals surface area contributed by atoms with E-state index in [2.05, 4.69) is 10.3 Å². The van der Waals surface area contributed by atoms with Crippen molar-refractivity contribution in [2.24, 2.45) is 0 Å². The lowest BCUT2D eigenvalue weighted by Crippen LogP contribution is -2.14. The maximum absolute atomic E-state index is 11.9. The number of nitrogen functional groups attached to an aromatic ring is 1. The molecule has 4 nitrogen and oxygen atoms in total. The zero-order chi connectivity index (χ0) is 15.5. The highest BCUT2D eigenvalue weighted by Gasteiger charge is 2.22. The molecule has 110 valence electrons. The second-order valence-electron chi connectivity index (χ2n) is 5.72. The largest absolute Gasteiger partial charge is 0.389 e. The Morgan fingerprint density at radius 1 is 1.29 bits per heavy atom. The van der Waals surface area contributed by atoms with Crippen LogP contribution in [0.4, 0.5) is 10.1 Å². The Kier molecular flexibility index (Phi) is 4.43. The number of aromatic nitrogens is 1. The maximum atomic E-state index is 11.9. The molecule has 2 aromatic rings. The number of carbonyl (C=O) groups excluding carboxylic acids is 1. The van der Waals surface area contributed by atoms with E-state index in [1.807, 2.05) is 51.1 Å². The van der Waals surface area contributed by atoms with E-state index in [1.54, 1.807) is 6.08 Å². The third-order valence-corrected chi connectivity index (χ3v) is 3.62. The van der Waals surface area contributed by atoms with Crippen molar-refractivity contribution in [1.29, 1.82) is 0 Å². The van der Waals surface area contributed by atoms with Crippen LogP contribution in [0.1, 0.15) is 32.0 Å². The van der Waals surface area contributed by atoms with Crippen molar-refractivity contribution in [3.8, 4) is 0 Å². The first-order chi connectivity index (χ1) is 9.86. The minimum absolute atomic E-state index is 0.135. The van der Waals surface area contributed by atoms with Crippen molar-refractivity contribution >= 4 is 33.5 Å². The molecule has 0 saturated carbocycles. The second kappa shape index (κ2) is 6.10. The number of nitrogens with one attached hydrogen (secondary N) is 1. The minimum atomic E-state index is -0.215. The van der Waals surface area contributed by atoms with Gasteiger partial charge in [-0.05, 0) is 11.6 Å². The topological polar surface area (TPSA) is 68.0 Å². The molecule has 1 aromatic heterocycles. The van der Waals surface area contributed by atoms with Crippen LogP contribution in [0.25, 0.3) is 6.08 Å². The summed E-state index contributed by atoms with van der Waals surface area (Å²) < 4.78 is 0. The summed E-state index contributed by atoms with van der Waals surface area (Å²) in [6.45, 7) is 6.12. The number of amides is 1. The lowest BCUT2D eigenvalue weighted by molar-refractivity contribution is -0.111. The van der Waals surface area contributed by atoms with Gasteiger partial charge >= 0.3 is 0 Å². The molecule has 0 radical (unpaired) electrons. The highest BCUT2D eigenvalue weighted by molar-refractivity contribution is 7.19. The molecule has 0 unspecified atom stereocenters. The average Bonchev–Trinajstić information content (AvgIpc) is 2.78. The summed E-state index contributed by atoms with van der Waals surface area (Å²) in [7, 11) is 0. The van der Waals surface area contributed by atoms with Crippen molar-refractivity contribution in [3.05, 3.63) is 47.7 Å². The molecular formula is C16H19N3OS. The molecule has 0 spiro atoms. The SMILES string of the molecule is CC(C)(C)c1nc(NC(=O)/C=C/c2ccccc2)sc1N. The van der Waals surface area contributed by atoms with Gasteiger partial charge < -0.3 is 5.73 Å². The summed E-state index contributed by atoms with van der Waals surface area (Å²) in [5.41, 5.74) is 7.61. The summed E-state index contributed by atoms with van der Waals surface area (Å²) >= 11 is 1.29. The fourth-order valence-corrected chi connectivity index (χ4v) is 2.75. The number of nitrogens with two attached hydrogens (primary N) is 1. The molecule has 0 aliphatic heterocycles.